The quantitative estimate of drug-likeness (QED) is 0.798. The van der Waals surface area contributed by atoms with Crippen LogP contribution in [0.3, 0.4) is 0 Å². The second kappa shape index (κ2) is 3.76. The first-order valence-corrected chi connectivity index (χ1v) is 7.19. The Balaban J connectivity index is 2.41. The van der Waals surface area contributed by atoms with Crippen LogP contribution in [-0.2, 0) is 9.84 Å². The van der Waals surface area contributed by atoms with Crippen molar-refractivity contribution in [3.8, 4) is 0 Å². The second-order valence-corrected chi connectivity index (χ2v) is 6.77. The van der Waals surface area contributed by atoms with E-state index in [9.17, 15) is 12.8 Å². The van der Waals surface area contributed by atoms with Crippen LogP contribution in [0.1, 0.15) is 11.5 Å². The summed E-state index contributed by atoms with van der Waals surface area (Å²) in [6.07, 6.45) is 1.13. The molecule has 0 saturated heterocycles. The van der Waals surface area contributed by atoms with Crippen molar-refractivity contribution in [2.24, 2.45) is 11.5 Å². The lowest BCUT2D eigenvalue weighted by atomic mass is 10.1. The van der Waals surface area contributed by atoms with Crippen molar-refractivity contribution < 1.29 is 12.8 Å². The predicted molar refractivity (Wildman–Crippen MR) is 63.7 cm³/mol. The summed E-state index contributed by atoms with van der Waals surface area (Å²) in [6.45, 7) is 0.0614. The van der Waals surface area contributed by atoms with Crippen LogP contribution in [0.2, 0.25) is 0 Å². The van der Waals surface area contributed by atoms with Gasteiger partial charge in [0.2, 0.25) is 0 Å². The third-order valence-electron chi connectivity index (χ3n) is 3.32. The normalized spacial score (nSPS) is 32.5. The molecule has 0 spiro atoms. The summed E-state index contributed by atoms with van der Waals surface area (Å²) in [5.41, 5.74) is 11.1. The molecule has 0 unspecified atom stereocenters. The molecule has 0 aromatic heterocycles. The molecule has 0 amide bonds. The SMILES string of the molecule is CS(=O)(=O)[C@@H]1[C@H](c2cccc(F)c2)[C@]1(N)CN. The van der Waals surface area contributed by atoms with Gasteiger partial charge in [-0.3, -0.25) is 0 Å². The van der Waals surface area contributed by atoms with Crippen LogP contribution < -0.4 is 11.5 Å². The number of halogens is 1. The first-order valence-electron chi connectivity index (χ1n) is 5.24. The van der Waals surface area contributed by atoms with Gasteiger partial charge in [-0.05, 0) is 17.7 Å². The highest BCUT2D eigenvalue weighted by Crippen LogP contribution is 2.53. The van der Waals surface area contributed by atoms with Crippen LogP contribution in [0.15, 0.2) is 24.3 Å². The Kier molecular flexibility index (Phi) is 2.76. The van der Waals surface area contributed by atoms with E-state index in [2.05, 4.69) is 0 Å². The number of sulfone groups is 1. The lowest BCUT2D eigenvalue weighted by molar-refractivity contribution is 0.591. The second-order valence-electron chi connectivity index (χ2n) is 4.60. The fraction of sp³-hybridized carbons (Fsp3) is 0.455. The third-order valence-corrected chi connectivity index (χ3v) is 4.96. The maximum absolute atomic E-state index is 13.1. The Morgan fingerprint density at radius 2 is 2.12 bits per heavy atom. The molecule has 1 aliphatic carbocycles. The van der Waals surface area contributed by atoms with E-state index >= 15 is 0 Å². The van der Waals surface area contributed by atoms with Gasteiger partial charge in [0.05, 0.1) is 10.8 Å². The van der Waals surface area contributed by atoms with E-state index in [4.69, 9.17) is 11.5 Å². The molecule has 4 nitrogen and oxygen atoms in total. The largest absolute Gasteiger partial charge is 0.329 e. The van der Waals surface area contributed by atoms with E-state index in [-0.39, 0.29) is 6.54 Å². The van der Waals surface area contributed by atoms with Crippen molar-refractivity contribution in [1.29, 1.82) is 0 Å². The van der Waals surface area contributed by atoms with Gasteiger partial charge in [0.15, 0.2) is 9.84 Å². The molecule has 1 aliphatic rings. The molecule has 1 saturated carbocycles. The van der Waals surface area contributed by atoms with Crippen molar-refractivity contribution in [1.82, 2.24) is 0 Å². The molecule has 4 N–H and O–H groups in total. The molecular formula is C11H15FN2O2S. The van der Waals surface area contributed by atoms with Crippen molar-refractivity contribution in [2.75, 3.05) is 12.8 Å². The molecule has 1 fully saturated rings. The minimum atomic E-state index is -3.29. The Morgan fingerprint density at radius 1 is 1.47 bits per heavy atom. The zero-order valence-corrected chi connectivity index (χ0v) is 10.2. The van der Waals surface area contributed by atoms with Crippen molar-refractivity contribution >= 4 is 9.84 Å². The molecule has 2 rings (SSSR count). The highest BCUT2D eigenvalue weighted by Gasteiger charge is 2.67. The summed E-state index contributed by atoms with van der Waals surface area (Å²) >= 11 is 0. The number of nitrogens with two attached hydrogens (primary N) is 2. The average Bonchev–Trinajstić information content (AvgIpc) is 2.86. The molecule has 0 heterocycles. The van der Waals surface area contributed by atoms with Gasteiger partial charge in [-0.25, -0.2) is 12.8 Å². The molecule has 0 bridgehead atoms. The van der Waals surface area contributed by atoms with Gasteiger partial charge in [-0.1, -0.05) is 12.1 Å². The first-order chi connectivity index (χ1) is 7.80. The van der Waals surface area contributed by atoms with Gasteiger partial charge in [-0.2, -0.15) is 0 Å². The van der Waals surface area contributed by atoms with E-state index in [0.29, 0.717) is 5.56 Å². The fourth-order valence-electron chi connectivity index (χ4n) is 2.50. The first kappa shape index (κ1) is 12.5. The molecule has 0 radical (unpaired) electrons. The minimum absolute atomic E-state index is 0.0614. The summed E-state index contributed by atoms with van der Waals surface area (Å²) < 4.78 is 36.3. The van der Waals surface area contributed by atoms with Crippen LogP contribution in [0, 0.1) is 5.82 Å². The van der Waals surface area contributed by atoms with Crippen molar-refractivity contribution in [3.63, 3.8) is 0 Å². The lowest BCUT2D eigenvalue weighted by Crippen LogP contribution is -2.38. The predicted octanol–water partition coefficient (Wildman–Crippen LogP) is -0.00770. The van der Waals surface area contributed by atoms with Crippen LogP contribution in [0.4, 0.5) is 4.39 Å². The van der Waals surface area contributed by atoms with Crippen LogP contribution in [-0.4, -0.2) is 32.0 Å². The lowest BCUT2D eigenvalue weighted by Gasteiger charge is -2.07. The van der Waals surface area contributed by atoms with Gasteiger partial charge in [0.1, 0.15) is 5.82 Å². The summed E-state index contributed by atoms with van der Waals surface area (Å²) in [6, 6.07) is 5.84. The van der Waals surface area contributed by atoms with E-state index in [1.165, 1.54) is 12.1 Å². The average molecular weight is 258 g/mol. The van der Waals surface area contributed by atoms with E-state index in [1.54, 1.807) is 12.1 Å². The van der Waals surface area contributed by atoms with E-state index in [1.807, 2.05) is 0 Å². The van der Waals surface area contributed by atoms with Gasteiger partial charge in [0, 0.05) is 18.7 Å². The number of hydrogen-bond acceptors (Lipinski definition) is 4. The zero-order valence-electron chi connectivity index (χ0n) is 9.43. The standard InChI is InChI=1S/C11H15FN2O2S/c1-17(15,16)10-9(11(10,14)6-13)7-3-2-4-8(12)5-7/h2-5,9-10H,6,13-14H2,1H3/t9-,10+,11+/m0/s1. The topological polar surface area (TPSA) is 86.2 Å². The number of benzene rings is 1. The molecular weight excluding hydrogens is 243 g/mol. The molecule has 6 heteroatoms. The monoisotopic (exact) mass is 258 g/mol. The highest BCUT2D eigenvalue weighted by atomic mass is 32.2. The van der Waals surface area contributed by atoms with Gasteiger partial charge >= 0.3 is 0 Å². The summed E-state index contributed by atoms with van der Waals surface area (Å²) in [5.74, 6) is -0.820. The zero-order chi connectivity index (χ0) is 12.8. The van der Waals surface area contributed by atoms with Crippen LogP contribution in [0.5, 0.6) is 0 Å². The number of rotatable bonds is 3. The Labute approximate surface area is 99.7 Å². The summed E-state index contributed by atoms with van der Waals surface area (Å²) in [7, 11) is -3.29. The molecule has 94 valence electrons. The minimum Gasteiger partial charge on any atom is -0.329 e. The molecule has 0 aliphatic heterocycles. The van der Waals surface area contributed by atoms with Gasteiger partial charge in [-0.15, -0.1) is 0 Å². The van der Waals surface area contributed by atoms with Crippen LogP contribution in [0.25, 0.3) is 0 Å². The summed E-state index contributed by atoms with van der Waals surface area (Å²) in [4.78, 5) is 0. The molecule has 1 aromatic rings. The Morgan fingerprint density at radius 3 is 2.53 bits per heavy atom. The molecule has 17 heavy (non-hydrogen) atoms. The van der Waals surface area contributed by atoms with Gasteiger partial charge in [0.25, 0.3) is 0 Å². The molecule has 3 atom stereocenters. The molecule has 1 aromatic carbocycles. The maximum atomic E-state index is 13.1. The van der Waals surface area contributed by atoms with Crippen molar-refractivity contribution in [2.45, 2.75) is 16.7 Å². The van der Waals surface area contributed by atoms with Crippen molar-refractivity contribution in [3.05, 3.63) is 35.6 Å². The summed E-state index contributed by atoms with van der Waals surface area (Å²) in [5, 5.41) is -0.721. The number of hydrogen-bond donors (Lipinski definition) is 2. The van der Waals surface area contributed by atoms with Gasteiger partial charge < -0.3 is 11.5 Å². The Hall–Kier alpha value is -0.980. The third kappa shape index (κ3) is 1.96. The Bertz CT molecular complexity index is 546. The van der Waals surface area contributed by atoms with Crippen LogP contribution >= 0.6 is 0 Å². The fourth-order valence-corrected chi connectivity index (χ4v) is 4.36. The smallest absolute Gasteiger partial charge is 0.152 e. The van der Waals surface area contributed by atoms with E-state index in [0.717, 1.165) is 6.26 Å². The maximum Gasteiger partial charge on any atom is 0.152 e. The highest BCUT2D eigenvalue weighted by molar-refractivity contribution is 7.91. The van der Waals surface area contributed by atoms with E-state index < -0.39 is 32.4 Å².